The van der Waals surface area contributed by atoms with Gasteiger partial charge in [0.05, 0.1) is 6.61 Å². The van der Waals surface area contributed by atoms with E-state index in [0.717, 1.165) is 0 Å². The third-order valence-electron chi connectivity index (χ3n) is 4.50. The number of hydrogen-bond donors (Lipinski definition) is 1. The van der Waals surface area contributed by atoms with Crippen molar-refractivity contribution in [1.82, 2.24) is 4.98 Å². The van der Waals surface area contributed by atoms with Crippen molar-refractivity contribution in [1.29, 1.82) is 0 Å². The van der Waals surface area contributed by atoms with Gasteiger partial charge in [0.2, 0.25) is 11.8 Å². The number of carbonyl (C=O) groups is 3. The van der Waals surface area contributed by atoms with Crippen LogP contribution in [0.4, 0.5) is 5.69 Å². The lowest BCUT2D eigenvalue weighted by molar-refractivity contribution is -0.116. The van der Waals surface area contributed by atoms with Gasteiger partial charge < -0.3 is 14.8 Å². The molecule has 1 amide bonds. The van der Waals surface area contributed by atoms with Gasteiger partial charge in [-0.1, -0.05) is 36.4 Å². The number of ketones is 1. The standard InChI is InChI=1S/C25H24N2O5/c1-2-31-25(30)21-13-8-16-26-24(21)32-20-12-6-11-19(17-20)27-23(29)15-7-14-22(28)18-9-4-3-5-10-18/h3-6,8-13,16-17H,2,7,14-15H2,1H3,(H,27,29). The maximum Gasteiger partial charge on any atom is 0.343 e. The molecule has 7 heteroatoms. The van der Waals surface area contributed by atoms with E-state index in [1.54, 1.807) is 55.5 Å². The molecule has 0 aliphatic heterocycles. The highest BCUT2D eigenvalue weighted by Crippen LogP contribution is 2.26. The average molecular weight is 432 g/mol. The number of ether oxygens (including phenoxy) is 2. The van der Waals surface area contributed by atoms with E-state index in [0.29, 0.717) is 29.8 Å². The van der Waals surface area contributed by atoms with E-state index in [4.69, 9.17) is 9.47 Å². The number of rotatable bonds is 10. The molecule has 7 nitrogen and oxygen atoms in total. The molecule has 3 aromatic rings. The predicted octanol–water partition coefficient (Wildman–Crippen LogP) is 5.04. The molecule has 1 heterocycles. The zero-order chi connectivity index (χ0) is 22.8. The Bertz CT molecular complexity index is 1080. The van der Waals surface area contributed by atoms with Crippen LogP contribution in [0.15, 0.2) is 72.9 Å². The number of anilines is 1. The summed E-state index contributed by atoms with van der Waals surface area (Å²) in [6, 6.07) is 19.0. The van der Waals surface area contributed by atoms with Crippen LogP contribution >= 0.6 is 0 Å². The number of esters is 1. The van der Waals surface area contributed by atoms with Crippen LogP contribution in [0.2, 0.25) is 0 Å². The number of carbonyl (C=O) groups excluding carboxylic acids is 3. The Morgan fingerprint density at radius 1 is 0.938 bits per heavy atom. The lowest BCUT2D eigenvalue weighted by Crippen LogP contribution is -2.12. The molecule has 0 aliphatic rings. The number of amides is 1. The molecule has 0 atom stereocenters. The fraction of sp³-hybridized carbons (Fsp3) is 0.200. The molecule has 2 aromatic carbocycles. The summed E-state index contributed by atoms with van der Waals surface area (Å²) in [6.07, 6.45) is 2.49. The van der Waals surface area contributed by atoms with Crippen molar-refractivity contribution in [2.45, 2.75) is 26.2 Å². The zero-order valence-corrected chi connectivity index (χ0v) is 17.7. The Morgan fingerprint density at radius 3 is 2.53 bits per heavy atom. The highest BCUT2D eigenvalue weighted by molar-refractivity contribution is 5.96. The van der Waals surface area contributed by atoms with E-state index in [1.165, 1.54) is 6.20 Å². The Hall–Kier alpha value is -4.00. The minimum Gasteiger partial charge on any atom is -0.462 e. The van der Waals surface area contributed by atoms with Gasteiger partial charge in [-0.2, -0.15) is 0 Å². The first-order chi connectivity index (χ1) is 15.6. The molecule has 1 N–H and O–H groups in total. The van der Waals surface area contributed by atoms with Crippen molar-refractivity contribution in [2.75, 3.05) is 11.9 Å². The Morgan fingerprint density at radius 2 is 1.75 bits per heavy atom. The van der Waals surface area contributed by atoms with Crippen molar-refractivity contribution >= 4 is 23.3 Å². The molecule has 0 saturated heterocycles. The number of nitrogens with zero attached hydrogens (tertiary/aromatic N) is 1. The van der Waals surface area contributed by atoms with Crippen LogP contribution in [0.25, 0.3) is 0 Å². The van der Waals surface area contributed by atoms with E-state index < -0.39 is 5.97 Å². The molecule has 0 unspecified atom stereocenters. The van der Waals surface area contributed by atoms with Gasteiger partial charge in [0.25, 0.3) is 0 Å². The fourth-order valence-electron chi connectivity index (χ4n) is 2.99. The van der Waals surface area contributed by atoms with Crippen molar-refractivity contribution in [3.05, 3.63) is 84.1 Å². The van der Waals surface area contributed by atoms with Gasteiger partial charge in [0.1, 0.15) is 11.3 Å². The summed E-state index contributed by atoms with van der Waals surface area (Å²) in [5, 5.41) is 2.80. The fourth-order valence-corrected chi connectivity index (χ4v) is 2.99. The Kier molecular flexibility index (Phi) is 8.09. The van der Waals surface area contributed by atoms with E-state index in [-0.39, 0.29) is 36.2 Å². The van der Waals surface area contributed by atoms with Crippen LogP contribution in [0, 0.1) is 0 Å². The zero-order valence-electron chi connectivity index (χ0n) is 17.7. The number of benzene rings is 2. The van der Waals surface area contributed by atoms with Crippen LogP contribution in [-0.2, 0) is 9.53 Å². The summed E-state index contributed by atoms with van der Waals surface area (Å²) in [4.78, 5) is 40.6. The lowest BCUT2D eigenvalue weighted by Gasteiger charge is -2.11. The molecule has 0 aliphatic carbocycles. The van der Waals surface area contributed by atoms with E-state index >= 15 is 0 Å². The van der Waals surface area contributed by atoms with Gasteiger partial charge in [-0.05, 0) is 37.6 Å². The first-order valence-corrected chi connectivity index (χ1v) is 10.3. The molecule has 0 radical (unpaired) electrons. The maximum absolute atomic E-state index is 12.3. The molecule has 0 bridgehead atoms. The first-order valence-electron chi connectivity index (χ1n) is 10.3. The van der Waals surface area contributed by atoms with Crippen molar-refractivity contribution in [3.8, 4) is 11.6 Å². The minimum absolute atomic E-state index is 0.0153. The topological polar surface area (TPSA) is 94.6 Å². The Labute approximate surface area is 186 Å². The molecule has 32 heavy (non-hydrogen) atoms. The number of Topliss-reactive ketones (excluding diaryl/α,β-unsaturated/α-hetero) is 1. The molecule has 0 saturated carbocycles. The van der Waals surface area contributed by atoms with Crippen LogP contribution < -0.4 is 10.1 Å². The number of aromatic nitrogens is 1. The van der Waals surface area contributed by atoms with Gasteiger partial charge in [-0.15, -0.1) is 0 Å². The highest BCUT2D eigenvalue weighted by Gasteiger charge is 2.15. The molecule has 0 fully saturated rings. The lowest BCUT2D eigenvalue weighted by atomic mass is 10.1. The summed E-state index contributed by atoms with van der Waals surface area (Å²) >= 11 is 0. The summed E-state index contributed by atoms with van der Waals surface area (Å²) in [6.45, 7) is 1.96. The van der Waals surface area contributed by atoms with Crippen LogP contribution in [0.3, 0.4) is 0 Å². The summed E-state index contributed by atoms with van der Waals surface area (Å²) in [7, 11) is 0. The number of pyridine rings is 1. The van der Waals surface area contributed by atoms with E-state index in [1.807, 2.05) is 18.2 Å². The second-order valence-corrected chi connectivity index (χ2v) is 6.90. The largest absolute Gasteiger partial charge is 0.462 e. The molecular formula is C25H24N2O5. The smallest absolute Gasteiger partial charge is 0.343 e. The van der Waals surface area contributed by atoms with Crippen LogP contribution in [-0.4, -0.2) is 29.3 Å². The van der Waals surface area contributed by atoms with Gasteiger partial charge in [-0.25, -0.2) is 9.78 Å². The summed E-state index contributed by atoms with van der Waals surface area (Å²) < 4.78 is 10.8. The van der Waals surface area contributed by atoms with Gasteiger partial charge in [-0.3, -0.25) is 9.59 Å². The third-order valence-corrected chi connectivity index (χ3v) is 4.50. The molecular weight excluding hydrogens is 408 g/mol. The number of nitrogens with one attached hydrogen (secondary N) is 1. The molecule has 164 valence electrons. The second kappa shape index (κ2) is 11.4. The Balaban J connectivity index is 1.56. The van der Waals surface area contributed by atoms with Crippen LogP contribution in [0.5, 0.6) is 11.6 Å². The first kappa shape index (κ1) is 22.7. The summed E-state index contributed by atoms with van der Waals surface area (Å²) in [5.41, 5.74) is 1.40. The van der Waals surface area contributed by atoms with Crippen molar-refractivity contribution in [2.24, 2.45) is 0 Å². The highest BCUT2D eigenvalue weighted by atomic mass is 16.5. The number of hydrogen-bond acceptors (Lipinski definition) is 6. The second-order valence-electron chi connectivity index (χ2n) is 6.90. The maximum atomic E-state index is 12.3. The predicted molar refractivity (Wildman–Crippen MR) is 120 cm³/mol. The monoisotopic (exact) mass is 432 g/mol. The van der Waals surface area contributed by atoms with Gasteiger partial charge >= 0.3 is 5.97 Å². The van der Waals surface area contributed by atoms with E-state index in [2.05, 4.69) is 10.3 Å². The molecule has 0 spiro atoms. The van der Waals surface area contributed by atoms with Crippen molar-refractivity contribution < 1.29 is 23.9 Å². The minimum atomic E-state index is -0.523. The summed E-state index contributed by atoms with van der Waals surface area (Å²) in [5.74, 6) is -0.181. The molecule has 3 rings (SSSR count). The van der Waals surface area contributed by atoms with Gasteiger partial charge in [0.15, 0.2) is 5.78 Å². The average Bonchev–Trinajstić information content (AvgIpc) is 2.80. The quantitative estimate of drug-likeness (QED) is 0.356. The SMILES string of the molecule is CCOC(=O)c1cccnc1Oc1cccc(NC(=O)CCCC(=O)c2ccccc2)c1. The third kappa shape index (κ3) is 6.50. The molecule has 1 aromatic heterocycles. The van der Waals surface area contributed by atoms with Gasteiger partial charge in [0, 0.05) is 36.4 Å². The normalized spacial score (nSPS) is 10.3. The van der Waals surface area contributed by atoms with Crippen LogP contribution in [0.1, 0.15) is 46.9 Å². The van der Waals surface area contributed by atoms with Crippen molar-refractivity contribution in [3.63, 3.8) is 0 Å². The van der Waals surface area contributed by atoms with E-state index in [9.17, 15) is 14.4 Å².